The first kappa shape index (κ1) is 23.1. The molecule has 0 atom stereocenters. The highest BCUT2D eigenvalue weighted by Crippen LogP contribution is 2.15. The molecule has 1 aliphatic heterocycles. The van der Waals surface area contributed by atoms with Gasteiger partial charge in [-0.25, -0.2) is 0 Å². The molecular formula is C24H36N4O3. The lowest BCUT2D eigenvalue weighted by atomic mass is 10.2. The molecule has 1 aliphatic rings. The molecule has 1 saturated heterocycles. The van der Waals surface area contributed by atoms with E-state index in [1.165, 1.54) is 12.8 Å². The van der Waals surface area contributed by atoms with Gasteiger partial charge >= 0.3 is 0 Å². The molecule has 0 aliphatic carbocycles. The van der Waals surface area contributed by atoms with Crippen molar-refractivity contribution in [2.75, 3.05) is 32.7 Å². The Morgan fingerprint density at radius 2 is 1.97 bits per heavy atom. The maximum atomic E-state index is 12.5. The molecule has 0 aromatic carbocycles. The maximum absolute atomic E-state index is 12.5. The second-order valence-electron chi connectivity index (χ2n) is 8.61. The average molecular weight is 429 g/mol. The SMILES string of the molecule is CCCN(Cc1cccn1Cc1ccc(C(=O)NCCN2CCCC2)o1)C(=O)C(C)C. The van der Waals surface area contributed by atoms with Crippen molar-refractivity contribution in [3.05, 3.63) is 47.7 Å². The van der Waals surface area contributed by atoms with Gasteiger partial charge < -0.3 is 24.1 Å². The van der Waals surface area contributed by atoms with E-state index in [0.29, 0.717) is 25.4 Å². The smallest absolute Gasteiger partial charge is 0.287 e. The minimum absolute atomic E-state index is 0.0217. The van der Waals surface area contributed by atoms with Crippen LogP contribution in [0.15, 0.2) is 34.9 Å². The molecule has 0 saturated carbocycles. The molecule has 2 amide bonds. The Morgan fingerprint density at radius 1 is 1.19 bits per heavy atom. The zero-order valence-corrected chi connectivity index (χ0v) is 19.1. The van der Waals surface area contributed by atoms with E-state index in [0.717, 1.165) is 44.1 Å². The number of furan rings is 1. The standard InChI is InChI=1S/C24H36N4O3/c1-4-12-28(24(30)19(2)3)17-20-8-7-15-27(20)18-21-9-10-22(31-21)23(29)25-11-16-26-13-5-6-14-26/h7-10,15,19H,4-6,11-14,16-18H2,1-3H3,(H,25,29). The number of rotatable bonds is 11. The molecule has 0 unspecified atom stereocenters. The van der Waals surface area contributed by atoms with Crippen molar-refractivity contribution < 1.29 is 14.0 Å². The van der Waals surface area contributed by atoms with E-state index in [9.17, 15) is 9.59 Å². The first-order chi connectivity index (χ1) is 15.0. The summed E-state index contributed by atoms with van der Waals surface area (Å²) in [5, 5.41) is 2.95. The van der Waals surface area contributed by atoms with Crippen molar-refractivity contribution in [3.8, 4) is 0 Å². The molecule has 0 bridgehead atoms. The molecule has 7 heteroatoms. The molecular weight excluding hydrogens is 392 g/mol. The summed E-state index contributed by atoms with van der Waals surface area (Å²) in [7, 11) is 0. The number of amides is 2. The summed E-state index contributed by atoms with van der Waals surface area (Å²) in [5.74, 6) is 1.04. The summed E-state index contributed by atoms with van der Waals surface area (Å²) < 4.78 is 7.88. The molecule has 0 radical (unpaired) electrons. The number of hydrogen-bond acceptors (Lipinski definition) is 4. The van der Waals surface area contributed by atoms with E-state index in [2.05, 4.69) is 21.7 Å². The van der Waals surface area contributed by atoms with Crippen LogP contribution in [0.1, 0.15) is 62.0 Å². The zero-order chi connectivity index (χ0) is 22.2. The molecule has 31 heavy (non-hydrogen) atoms. The van der Waals surface area contributed by atoms with Crippen LogP contribution in [0.3, 0.4) is 0 Å². The van der Waals surface area contributed by atoms with E-state index in [1.54, 1.807) is 6.07 Å². The van der Waals surface area contributed by atoms with Crippen LogP contribution in [0, 0.1) is 5.92 Å². The summed E-state index contributed by atoms with van der Waals surface area (Å²) in [6, 6.07) is 7.59. The van der Waals surface area contributed by atoms with E-state index in [4.69, 9.17) is 4.42 Å². The van der Waals surface area contributed by atoms with Crippen LogP contribution in [0.5, 0.6) is 0 Å². The van der Waals surface area contributed by atoms with Crippen molar-refractivity contribution in [1.82, 2.24) is 19.7 Å². The van der Waals surface area contributed by atoms with Crippen LogP contribution < -0.4 is 5.32 Å². The first-order valence-electron chi connectivity index (χ1n) is 11.5. The van der Waals surface area contributed by atoms with Gasteiger partial charge in [0.05, 0.1) is 13.1 Å². The van der Waals surface area contributed by atoms with Gasteiger partial charge in [-0.2, -0.15) is 0 Å². The van der Waals surface area contributed by atoms with Crippen LogP contribution in [0.2, 0.25) is 0 Å². The topological polar surface area (TPSA) is 70.7 Å². The fourth-order valence-electron chi connectivity index (χ4n) is 4.02. The van der Waals surface area contributed by atoms with E-state index in [1.807, 2.05) is 43.1 Å². The Morgan fingerprint density at radius 3 is 2.68 bits per heavy atom. The van der Waals surface area contributed by atoms with Crippen LogP contribution in [-0.2, 0) is 17.9 Å². The third-order valence-corrected chi connectivity index (χ3v) is 5.70. The van der Waals surface area contributed by atoms with Gasteiger partial charge in [0.25, 0.3) is 5.91 Å². The van der Waals surface area contributed by atoms with Gasteiger partial charge in [0, 0.05) is 37.4 Å². The zero-order valence-electron chi connectivity index (χ0n) is 19.1. The molecule has 3 rings (SSSR count). The monoisotopic (exact) mass is 428 g/mol. The average Bonchev–Trinajstić information content (AvgIpc) is 3.50. The number of nitrogens with zero attached hydrogens (tertiary/aromatic N) is 3. The number of likely N-dealkylation sites (tertiary alicyclic amines) is 1. The van der Waals surface area contributed by atoms with E-state index < -0.39 is 0 Å². The number of nitrogens with one attached hydrogen (secondary N) is 1. The van der Waals surface area contributed by atoms with Gasteiger partial charge in [0.15, 0.2) is 5.76 Å². The van der Waals surface area contributed by atoms with E-state index in [-0.39, 0.29) is 17.7 Å². The molecule has 2 aromatic heterocycles. The molecule has 1 N–H and O–H groups in total. The van der Waals surface area contributed by atoms with Gasteiger partial charge in [-0.05, 0) is 56.6 Å². The van der Waals surface area contributed by atoms with Crippen molar-refractivity contribution in [2.24, 2.45) is 5.92 Å². The Kier molecular flexibility index (Phi) is 8.35. The van der Waals surface area contributed by atoms with Crippen LogP contribution >= 0.6 is 0 Å². The predicted molar refractivity (Wildman–Crippen MR) is 121 cm³/mol. The molecule has 170 valence electrons. The van der Waals surface area contributed by atoms with Gasteiger partial charge in [0.1, 0.15) is 5.76 Å². The lowest BCUT2D eigenvalue weighted by Crippen LogP contribution is -2.35. The highest BCUT2D eigenvalue weighted by atomic mass is 16.4. The number of aromatic nitrogens is 1. The van der Waals surface area contributed by atoms with Gasteiger partial charge in [0.2, 0.25) is 5.91 Å². The normalized spacial score (nSPS) is 14.3. The van der Waals surface area contributed by atoms with Crippen molar-refractivity contribution >= 4 is 11.8 Å². The fraction of sp³-hybridized carbons (Fsp3) is 0.583. The summed E-state index contributed by atoms with van der Waals surface area (Å²) in [6.07, 6.45) is 5.41. The number of carbonyl (C=O) groups excluding carboxylic acids is 2. The largest absolute Gasteiger partial charge is 0.454 e. The molecule has 1 fully saturated rings. The van der Waals surface area contributed by atoms with Crippen LogP contribution in [0.4, 0.5) is 0 Å². The van der Waals surface area contributed by atoms with E-state index >= 15 is 0 Å². The Labute approximate surface area is 185 Å². The second kappa shape index (κ2) is 11.2. The Balaban J connectivity index is 1.56. The Hall–Kier alpha value is -2.54. The third-order valence-electron chi connectivity index (χ3n) is 5.70. The van der Waals surface area contributed by atoms with Gasteiger partial charge in [-0.1, -0.05) is 20.8 Å². The summed E-state index contributed by atoms with van der Waals surface area (Å²) in [5.41, 5.74) is 1.05. The first-order valence-corrected chi connectivity index (χ1v) is 11.5. The van der Waals surface area contributed by atoms with Gasteiger partial charge in [-0.15, -0.1) is 0 Å². The lowest BCUT2D eigenvalue weighted by molar-refractivity contribution is -0.135. The predicted octanol–water partition coefficient (Wildman–Crippen LogP) is 3.35. The Bertz CT molecular complexity index is 849. The van der Waals surface area contributed by atoms with Crippen molar-refractivity contribution in [2.45, 2.75) is 53.1 Å². The quantitative estimate of drug-likeness (QED) is 0.596. The van der Waals surface area contributed by atoms with Crippen molar-refractivity contribution in [1.29, 1.82) is 0 Å². The maximum Gasteiger partial charge on any atom is 0.287 e. The minimum atomic E-state index is -0.171. The van der Waals surface area contributed by atoms with Crippen LogP contribution in [0.25, 0.3) is 0 Å². The highest BCUT2D eigenvalue weighted by Gasteiger charge is 2.19. The number of hydrogen-bond donors (Lipinski definition) is 1. The summed E-state index contributed by atoms with van der Waals surface area (Å²) in [4.78, 5) is 29.2. The van der Waals surface area contributed by atoms with Gasteiger partial charge in [-0.3, -0.25) is 9.59 Å². The molecule has 0 spiro atoms. The summed E-state index contributed by atoms with van der Waals surface area (Å²) >= 11 is 0. The molecule has 2 aromatic rings. The lowest BCUT2D eigenvalue weighted by Gasteiger charge is -2.24. The third kappa shape index (κ3) is 6.47. The number of carbonyl (C=O) groups is 2. The molecule has 7 nitrogen and oxygen atoms in total. The second-order valence-corrected chi connectivity index (χ2v) is 8.61. The fourth-order valence-corrected chi connectivity index (χ4v) is 4.02. The van der Waals surface area contributed by atoms with Crippen molar-refractivity contribution in [3.63, 3.8) is 0 Å². The van der Waals surface area contributed by atoms with Crippen LogP contribution in [-0.4, -0.2) is 58.9 Å². The summed E-state index contributed by atoms with van der Waals surface area (Å²) in [6.45, 7) is 11.6. The molecule has 3 heterocycles. The minimum Gasteiger partial charge on any atom is -0.454 e. The highest BCUT2D eigenvalue weighted by molar-refractivity contribution is 5.91.